The Kier molecular flexibility index (Phi) is 12.4. The van der Waals surface area contributed by atoms with Gasteiger partial charge in [0.05, 0.1) is 17.3 Å². The van der Waals surface area contributed by atoms with Gasteiger partial charge in [0.15, 0.2) is 5.96 Å². The van der Waals surface area contributed by atoms with E-state index in [4.69, 9.17) is 0 Å². The molecule has 1 aliphatic carbocycles. The molecule has 0 spiro atoms. The molecule has 1 fully saturated rings. The zero-order valence-corrected chi connectivity index (χ0v) is 20.2. The van der Waals surface area contributed by atoms with Gasteiger partial charge in [-0.05, 0) is 38.3 Å². The number of nitrogens with one attached hydrogen (secondary N) is 2. The summed E-state index contributed by atoms with van der Waals surface area (Å²) in [7, 11) is -1.75. The standard InChI is InChI=1S/C19H31N3O2S2.HI/c1-3-20-19(21-13-14-26(24)17-10-6-5-7-11-17)22-16-9-8-12-18(15-16)25(23)4-2;/h5-7,10-11,16,18H,3-4,8-9,12-15H2,1-2H3,(H2,20,21,22);1H. The van der Waals surface area contributed by atoms with Crippen LogP contribution in [0.2, 0.25) is 0 Å². The predicted octanol–water partition coefficient (Wildman–Crippen LogP) is 3.05. The summed E-state index contributed by atoms with van der Waals surface area (Å²) in [6, 6.07) is 9.82. The predicted molar refractivity (Wildman–Crippen MR) is 127 cm³/mol. The molecular formula is C19H32IN3O2S2. The molecule has 0 radical (unpaired) electrons. The van der Waals surface area contributed by atoms with Crippen LogP contribution in [-0.2, 0) is 21.6 Å². The van der Waals surface area contributed by atoms with Gasteiger partial charge in [0.2, 0.25) is 0 Å². The van der Waals surface area contributed by atoms with Crippen molar-refractivity contribution in [3.63, 3.8) is 0 Å². The van der Waals surface area contributed by atoms with Gasteiger partial charge in [-0.3, -0.25) is 13.4 Å². The van der Waals surface area contributed by atoms with Crippen LogP contribution in [0.5, 0.6) is 0 Å². The fourth-order valence-electron chi connectivity index (χ4n) is 3.19. The van der Waals surface area contributed by atoms with Gasteiger partial charge >= 0.3 is 0 Å². The van der Waals surface area contributed by atoms with Crippen molar-refractivity contribution in [2.45, 2.75) is 55.7 Å². The van der Waals surface area contributed by atoms with E-state index in [0.717, 1.165) is 48.8 Å². The Hall–Kier alpha value is -0.480. The third-order valence-corrected chi connectivity index (χ3v) is 7.61. The Morgan fingerprint density at radius 3 is 2.59 bits per heavy atom. The molecule has 4 unspecified atom stereocenters. The van der Waals surface area contributed by atoms with Crippen molar-refractivity contribution in [2.75, 3.05) is 24.6 Å². The first-order chi connectivity index (χ1) is 12.6. The van der Waals surface area contributed by atoms with Crippen molar-refractivity contribution in [1.82, 2.24) is 10.6 Å². The van der Waals surface area contributed by atoms with E-state index in [-0.39, 0.29) is 24.0 Å². The number of hydrogen-bond acceptors (Lipinski definition) is 3. The first-order valence-electron chi connectivity index (χ1n) is 9.49. The topological polar surface area (TPSA) is 70.6 Å². The van der Waals surface area contributed by atoms with Gasteiger partial charge in [-0.1, -0.05) is 31.5 Å². The Bertz CT molecular complexity index is 629. The molecule has 1 aromatic rings. The molecule has 0 amide bonds. The second-order valence-electron chi connectivity index (χ2n) is 6.42. The molecular weight excluding hydrogens is 493 g/mol. The van der Waals surface area contributed by atoms with E-state index < -0.39 is 21.6 Å². The second kappa shape index (κ2) is 13.7. The van der Waals surface area contributed by atoms with Crippen LogP contribution in [0.4, 0.5) is 0 Å². The minimum atomic E-state index is -1.03. The number of rotatable bonds is 8. The highest BCUT2D eigenvalue weighted by atomic mass is 127. The lowest BCUT2D eigenvalue weighted by atomic mass is 9.95. The Labute approximate surface area is 185 Å². The normalized spacial score (nSPS) is 22.4. The molecule has 27 heavy (non-hydrogen) atoms. The molecule has 1 aliphatic rings. The summed E-state index contributed by atoms with van der Waals surface area (Å²) in [5.41, 5.74) is 0. The maximum Gasteiger partial charge on any atom is 0.191 e. The quantitative estimate of drug-likeness (QED) is 0.311. The molecule has 2 rings (SSSR count). The van der Waals surface area contributed by atoms with Gasteiger partial charge in [-0.25, -0.2) is 0 Å². The maximum absolute atomic E-state index is 12.3. The zero-order chi connectivity index (χ0) is 18.8. The van der Waals surface area contributed by atoms with E-state index in [2.05, 4.69) is 15.6 Å². The molecule has 5 nitrogen and oxygen atoms in total. The van der Waals surface area contributed by atoms with Crippen LogP contribution < -0.4 is 10.6 Å². The third-order valence-electron chi connectivity index (χ3n) is 4.52. The summed E-state index contributed by atoms with van der Waals surface area (Å²) >= 11 is 0. The van der Waals surface area contributed by atoms with Gasteiger partial charge in [-0.15, -0.1) is 24.0 Å². The van der Waals surface area contributed by atoms with E-state index >= 15 is 0 Å². The Balaban J connectivity index is 0.00000364. The molecule has 0 aliphatic heterocycles. The van der Waals surface area contributed by atoms with Crippen molar-refractivity contribution in [1.29, 1.82) is 0 Å². The van der Waals surface area contributed by atoms with Crippen molar-refractivity contribution < 1.29 is 8.42 Å². The van der Waals surface area contributed by atoms with Gasteiger partial charge in [0.25, 0.3) is 0 Å². The van der Waals surface area contributed by atoms with Crippen molar-refractivity contribution in [2.24, 2.45) is 4.99 Å². The number of hydrogen-bond donors (Lipinski definition) is 2. The molecule has 1 saturated carbocycles. The van der Waals surface area contributed by atoms with E-state index in [9.17, 15) is 8.42 Å². The van der Waals surface area contributed by atoms with Crippen molar-refractivity contribution in [3.05, 3.63) is 30.3 Å². The summed E-state index contributed by atoms with van der Waals surface area (Å²) in [6.45, 7) is 5.32. The lowest BCUT2D eigenvalue weighted by molar-refractivity contribution is 0.413. The minimum Gasteiger partial charge on any atom is -0.357 e. The summed E-state index contributed by atoms with van der Waals surface area (Å²) in [5, 5.41) is 7.04. The third kappa shape index (κ3) is 8.60. The molecule has 0 saturated heterocycles. The highest BCUT2D eigenvalue weighted by Crippen LogP contribution is 2.22. The zero-order valence-electron chi connectivity index (χ0n) is 16.2. The number of guanidine groups is 1. The molecule has 0 heterocycles. The highest BCUT2D eigenvalue weighted by Gasteiger charge is 2.26. The maximum atomic E-state index is 12.3. The Morgan fingerprint density at radius 1 is 1.19 bits per heavy atom. The molecule has 154 valence electrons. The monoisotopic (exact) mass is 525 g/mol. The minimum absolute atomic E-state index is 0. The van der Waals surface area contributed by atoms with Gasteiger partial charge in [-0.2, -0.15) is 0 Å². The van der Waals surface area contributed by atoms with Gasteiger partial charge < -0.3 is 10.6 Å². The summed E-state index contributed by atoms with van der Waals surface area (Å²) in [6.07, 6.45) is 4.17. The van der Waals surface area contributed by atoms with Crippen LogP contribution in [-0.4, -0.2) is 50.3 Å². The van der Waals surface area contributed by atoms with Crippen molar-refractivity contribution >= 4 is 51.5 Å². The van der Waals surface area contributed by atoms with Crippen LogP contribution in [0.1, 0.15) is 39.5 Å². The van der Waals surface area contributed by atoms with Gasteiger partial charge in [0.1, 0.15) is 0 Å². The Morgan fingerprint density at radius 2 is 1.93 bits per heavy atom. The van der Waals surface area contributed by atoms with E-state index in [0.29, 0.717) is 23.6 Å². The first-order valence-corrected chi connectivity index (χ1v) is 12.2. The smallest absolute Gasteiger partial charge is 0.191 e. The lowest BCUT2D eigenvalue weighted by Crippen LogP contribution is -2.46. The van der Waals surface area contributed by atoms with Crippen LogP contribution in [0.15, 0.2) is 40.2 Å². The van der Waals surface area contributed by atoms with Gasteiger partial charge in [0, 0.05) is 45.0 Å². The average molecular weight is 526 g/mol. The second-order valence-corrected chi connectivity index (χ2v) is 10.00. The number of aliphatic imine (C=N–C) groups is 1. The first kappa shape index (κ1) is 24.6. The fourth-order valence-corrected chi connectivity index (χ4v) is 5.50. The highest BCUT2D eigenvalue weighted by molar-refractivity contribution is 14.0. The molecule has 2 N–H and O–H groups in total. The summed E-state index contributed by atoms with van der Waals surface area (Å²) in [4.78, 5) is 5.43. The molecule has 0 aromatic heterocycles. The molecule has 1 aromatic carbocycles. The largest absolute Gasteiger partial charge is 0.357 e. The molecule has 4 atom stereocenters. The molecule has 0 bridgehead atoms. The van der Waals surface area contributed by atoms with E-state index in [1.54, 1.807) is 0 Å². The molecule has 8 heteroatoms. The van der Waals surface area contributed by atoms with E-state index in [1.807, 2.05) is 44.2 Å². The fraction of sp³-hybridized carbons (Fsp3) is 0.632. The summed E-state index contributed by atoms with van der Waals surface area (Å²) < 4.78 is 24.4. The average Bonchev–Trinajstić information content (AvgIpc) is 2.68. The van der Waals surface area contributed by atoms with Crippen LogP contribution in [0.25, 0.3) is 0 Å². The lowest BCUT2D eigenvalue weighted by Gasteiger charge is -2.30. The number of benzene rings is 1. The van der Waals surface area contributed by atoms with Crippen LogP contribution in [0.3, 0.4) is 0 Å². The SMILES string of the molecule is CCNC(=NCCS(=O)c1ccccc1)NC1CCCC(S(=O)CC)C1.I. The van der Waals surface area contributed by atoms with Crippen molar-refractivity contribution in [3.8, 4) is 0 Å². The van der Waals surface area contributed by atoms with E-state index in [1.165, 1.54) is 0 Å². The van der Waals surface area contributed by atoms with Crippen LogP contribution >= 0.6 is 24.0 Å². The number of nitrogens with zero attached hydrogens (tertiary/aromatic N) is 1. The van der Waals surface area contributed by atoms with Crippen LogP contribution in [0, 0.1) is 0 Å². The number of halogens is 1. The summed E-state index contributed by atoms with van der Waals surface area (Å²) in [5.74, 6) is 2.01.